The SMILES string of the molecule is CC[C@@H](C)NC(=O)[C@@H](Cc1ccccc1)N(Cc1cccc(OC)c1)C(=O)COc1cc(C)cc(C)c1. The second-order valence-electron chi connectivity index (χ2n) is 9.51. The highest BCUT2D eigenvalue weighted by Crippen LogP contribution is 2.20. The number of hydrogen-bond acceptors (Lipinski definition) is 4. The van der Waals surface area contributed by atoms with Crippen LogP contribution in [0, 0.1) is 13.8 Å². The summed E-state index contributed by atoms with van der Waals surface area (Å²) in [5.41, 5.74) is 3.97. The van der Waals surface area contributed by atoms with Crippen LogP contribution >= 0.6 is 0 Å². The average Bonchev–Trinajstić information content (AvgIpc) is 2.89. The smallest absolute Gasteiger partial charge is 0.261 e. The largest absolute Gasteiger partial charge is 0.497 e. The van der Waals surface area contributed by atoms with E-state index >= 15 is 0 Å². The number of methoxy groups -OCH3 is 1. The van der Waals surface area contributed by atoms with Crippen molar-refractivity contribution in [2.45, 2.75) is 59.2 Å². The highest BCUT2D eigenvalue weighted by molar-refractivity contribution is 5.88. The highest BCUT2D eigenvalue weighted by atomic mass is 16.5. The van der Waals surface area contributed by atoms with E-state index in [-0.39, 0.29) is 31.0 Å². The number of benzene rings is 3. The van der Waals surface area contributed by atoms with E-state index in [9.17, 15) is 9.59 Å². The van der Waals surface area contributed by atoms with E-state index in [2.05, 4.69) is 11.4 Å². The summed E-state index contributed by atoms with van der Waals surface area (Å²) in [5.74, 6) is 0.888. The lowest BCUT2D eigenvalue weighted by Gasteiger charge is -2.32. The fraction of sp³-hybridized carbons (Fsp3) is 0.355. The second-order valence-corrected chi connectivity index (χ2v) is 9.51. The molecule has 1 N–H and O–H groups in total. The van der Waals surface area contributed by atoms with Gasteiger partial charge < -0.3 is 19.7 Å². The van der Waals surface area contributed by atoms with E-state index in [4.69, 9.17) is 9.47 Å². The minimum atomic E-state index is -0.710. The lowest BCUT2D eigenvalue weighted by molar-refractivity contribution is -0.143. The molecule has 2 atom stereocenters. The summed E-state index contributed by atoms with van der Waals surface area (Å²) in [7, 11) is 1.61. The van der Waals surface area contributed by atoms with Gasteiger partial charge >= 0.3 is 0 Å². The minimum Gasteiger partial charge on any atom is -0.497 e. The molecule has 0 bridgehead atoms. The number of ether oxygens (including phenoxy) is 2. The van der Waals surface area contributed by atoms with Crippen LogP contribution in [0.25, 0.3) is 0 Å². The molecule has 6 nitrogen and oxygen atoms in total. The van der Waals surface area contributed by atoms with Crippen molar-refractivity contribution in [2.75, 3.05) is 13.7 Å². The van der Waals surface area contributed by atoms with Crippen LogP contribution in [0.4, 0.5) is 0 Å². The van der Waals surface area contributed by atoms with Crippen molar-refractivity contribution in [2.24, 2.45) is 0 Å². The maximum absolute atomic E-state index is 13.7. The van der Waals surface area contributed by atoms with Gasteiger partial charge in [0.1, 0.15) is 17.5 Å². The van der Waals surface area contributed by atoms with Crippen molar-refractivity contribution in [3.05, 3.63) is 95.1 Å². The van der Waals surface area contributed by atoms with Crippen LogP contribution in [0.2, 0.25) is 0 Å². The van der Waals surface area contributed by atoms with E-state index in [1.165, 1.54) is 0 Å². The van der Waals surface area contributed by atoms with Gasteiger partial charge in [0, 0.05) is 19.0 Å². The maximum atomic E-state index is 13.7. The molecule has 0 saturated heterocycles. The number of rotatable bonds is 12. The first-order valence-corrected chi connectivity index (χ1v) is 12.8. The molecule has 0 aliphatic carbocycles. The van der Waals surface area contributed by atoms with Crippen molar-refractivity contribution in [1.82, 2.24) is 10.2 Å². The van der Waals surface area contributed by atoms with Crippen LogP contribution in [0.15, 0.2) is 72.8 Å². The van der Waals surface area contributed by atoms with Gasteiger partial charge in [-0.1, -0.05) is 55.5 Å². The molecule has 0 aliphatic heterocycles. The Kier molecular flexibility index (Phi) is 10.1. The molecule has 37 heavy (non-hydrogen) atoms. The van der Waals surface area contributed by atoms with Crippen molar-refractivity contribution in [3.63, 3.8) is 0 Å². The van der Waals surface area contributed by atoms with Crippen LogP contribution in [-0.2, 0) is 22.6 Å². The summed E-state index contributed by atoms with van der Waals surface area (Å²) in [5, 5.41) is 3.08. The Morgan fingerprint density at radius 2 is 1.57 bits per heavy atom. The van der Waals surface area contributed by atoms with Crippen LogP contribution < -0.4 is 14.8 Å². The summed E-state index contributed by atoms with van der Waals surface area (Å²) in [6.45, 7) is 8.05. The molecule has 6 heteroatoms. The van der Waals surface area contributed by atoms with Gasteiger partial charge in [-0.3, -0.25) is 9.59 Å². The molecule has 0 heterocycles. The average molecular weight is 503 g/mol. The third-order valence-corrected chi connectivity index (χ3v) is 6.32. The number of nitrogens with zero attached hydrogens (tertiary/aromatic N) is 1. The molecule has 196 valence electrons. The maximum Gasteiger partial charge on any atom is 0.261 e. The van der Waals surface area contributed by atoms with E-state index < -0.39 is 6.04 Å². The van der Waals surface area contributed by atoms with Gasteiger partial charge in [0.05, 0.1) is 7.11 Å². The van der Waals surface area contributed by atoms with Crippen molar-refractivity contribution >= 4 is 11.8 Å². The molecular formula is C31H38N2O4. The quantitative estimate of drug-likeness (QED) is 0.368. The predicted molar refractivity (Wildman–Crippen MR) is 147 cm³/mol. The molecule has 0 aliphatic rings. The first kappa shape index (κ1) is 27.8. The lowest BCUT2D eigenvalue weighted by Crippen LogP contribution is -2.53. The Morgan fingerprint density at radius 3 is 2.22 bits per heavy atom. The fourth-order valence-electron chi connectivity index (χ4n) is 4.21. The van der Waals surface area contributed by atoms with Crippen molar-refractivity contribution < 1.29 is 19.1 Å². The third-order valence-electron chi connectivity index (χ3n) is 6.32. The summed E-state index contributed by atoms with van der Waals surface area (Å²) >= 11 is 0. The van der Waals surface area contributed by atoms with E-state index in [1.54, 1.807) is 12.0 Å². The Bertz CT molecular complexity index is 1160. The molecule has 3 rings (SSSR count). The predicted octanol–water partition coefficient (Wildman–Crippen LogP) is 5.25. The summed E-state index contributed by atoms with van der Waals surface area (Å²) in [6.07, 6.45) is 1.19. The third kappa shape index (κ3) is 8.38. The summed E-state index contributed by atoms with van der Waals surface area (Å²) in [6, 6.07) is 22.5. The van der Waals surface area contributed by atoms with Gasteiger partial charge in [-0.05, 0) is 73.7 Å². The molecule has 0 spiro atoms. The van der Waals surface area contributed by atoms with Gasteiger partial charge in [0.25, 0.3) is 5.91 Å². The number of carbonyl (C=O) groups is 2. The van der Waals surface area contributed by atoms with Gasteiger partial charge in [0.2, 0.25) is 5.91 Å². The number of carbonyl (C=O) groups excluding carboxylic acids is 2. The van der Waals surface area contributed by atoms with Crippen LogP contribution in [0.1, 0.15) is 42.5 Å². The van der Waals surface area contributed by atoms with Crippen LogP contribution in [0.3, 0.4) is 0 Å². The second kappa shape index (κ2) is 13.5. The molecule has 2 amide bonds. The normalized spacial score (nSPS) is 12.4. The fourth-order valence-corrected chi connectivity index (χ4v) is 4.21. The van der Waals surface area contributed by atoms with Crippen molar-refractivity contribution in [1.29, 1.82) is 0 Å². The zero-order valence-electron chi connectivity index (χ0n) is 22.5. The Morgan fingerprint density at radius 1 is 0.892 bits per heavy atom. The Balaban J connectivity index is 1.94. The first-order chi connectivity index (χ1) is 17.8. The van der Waals surface area contributed by atoms with Crippen molar-refractivity contribution in [3.8, 4) is 11.5 Å². The van der Waals surface area contributed by atoms with E-state index in [0.717, 1.165) is 28.7 Å². The number of aryl methyl sites for hydroxylation is 2. The molecule has 3 aromatic carbocycles. The molecular weight excluding hydrogens is 464 g/mol. The minimum absolute atomic E-state index is 0.00827. The van der Waals surface area contributed by atoms with Gasteiger partial charge in [-0.25, -0.2) is 0 Å². The summed E-state index contributed by atoms with van der Waals surface area (Å²) in [4.78, 5) is 28.9. The topological polar surface area (TPSA) is 67.9 Å². The molecule has 3 aromatic rings. The number of amides is 2. The van der Waals surface area contributed by atoms with Crippen LogP contribution in [0.5, 0.6) is 11.5 Å². The molecule has 0 saturated carbocycles. The van der Waals surface area contributed by atoms with E-state index in [1.807, 2.05) is 94.4 Å². The molecule has 0 radical (unpaired) electrons. The lowest BCUT2D eigenvalue weighted by atomic mass is 10.0. The molecule has 0 fully saturated rings. The van der Waals surface area contributed by atoms with Gasteiger partial charge in [-0.15, -0.1) is 0 Å². The Labute approximate surface area is 220 Å². The van der Waals surface area contributed by atoms with Gasteiger partial charge in [-0.2, -0.15) is 0 Å². The van der Waals surface area contributed by atoms with E-state index in [0.29, 0.717) is 17.9 Å². The first-order valence-electron chi connectivity index (χ1n) is 12.8. The zero-order valence-corrected chi connectivity index (χ0v) is 22.5. The zero-order chi connectivity index (χ0) is 26.8. The highest BCUT2D eigenvalue weighted by Gasteiger charge is 2.31. The summed E-state index contributed by atoms with van der Waals surface area (Å²) < 4.78 is 11.3. The molecule has 0 unspecified atom stereocenters. The van der Waals surface area contributed by atoms with Crippen LogP contribution in [-0.4, -0.2) is 42.5 Å². The monoisotopic (exact) mass is 502 g/mol. The number of nitrogens with one attached hydrogen (secondary N) is 1. The number of hydrogen-bond donors (Lipinski definition) is 1. The van der Waals surface area contributed by atoms with Gasteiger partial charge in [0.15, 0.2) is 6.61 Å². The molecule has 0 aromatic heterocycles. The Hall–Kier alpha value is -3.80. The standard InChI is InChI=1S/C31H38N2O4/c1-6-24(4)32-31(35)29(19-25-11-8-7-9-12-25)33(20-26-13-10-14-27(18-26)36-5)30(34)21-37-28-16-22(2)15-23(3)17-28/h7-18,24,29H,6,19-21H2,1-5H3,(H,32,35)/t24-,29-/m1/s1.